The van der Waals surface area contributed by atoms with Crippen LogP contribution in [0.15, 0.2) is 48.5 Å². The van der Waals surface area contributed by atoms with Gasteiger partial charge in [-0.15, -0.1) is 0 Å². The molecule has 0 aliphatic rings. The highest BCUT2D eigenvalue weighted by Gasteiger charge is 2.18. The lowest BCUT2D eigenvalue weighted by Gasteiger charge is -2.23. The van der Waals surface area contributed by atoms with Crippen LogP contribution < -0.4 is 5.73 Å². The Morgan fingerprint density at radius 2 is 1.87 bits per heavy atom. The van der Waals surface area contributed by atoms with Crippen LogP contribution in [-0.2, 0) is 17.8 Å². The predicted octanol–water partition coefficient (Wildman–Crippen LogP) is 3.40. The van der Waals surface area contributed by atoms with E-state index in [1.54, 1.807) is 11.0 Å². The minimum absolute atomic E-state index is 0.0527. The Hall–Kier alpha value is -1.91. The fourth-order valence-electron chi connectivity index (χ4n) is 2.34. The van der Waals surface area contributed by atoms with E-state index >= 15 is 0 Å². The van der Waals surface area contributed by atoms with Crippen molar-refractivity contribution in [2.45, 2.75) is 19.4 Å². The number of carbonyl (C=O) groups excluding carboxylic acids is 1. The summed E-state index contributed by atoms with van der Waals surface area (Å²) >= 11 is 6.01. The first-order chi connectivity index (χ1) is 11.1. The highest BCUT2D eigenvalue weighted by Crippen LogP contribution is 2.20. The van der Waals surface area contributed by atoms with E-state index in [9.17, 15) is 9.18 Å². The van der Waals surface area contributed by atoms with E-state index in [-0.39, 0.29) is 22.9 Å². The van der Waals surface area contributed by atoms with Gasteiger partial charge in [-0.1, -0.05) is 48.0 Å². The van der Waals surface area contributed by atoms with Crippen LogP contribution in [0.4, 0.5) is 4.39 Å². The molecule has 5 heteroatoms. The molecule has 0 radical (unpaired) electrons. The van der Waals surface area contributed by atoms with E-state index in [2.05, 4.69) is 0 Å². The van der Waals surface area contributed by atoms with Crippen molar-refractivity contribution in [3.8, 4) is 0 Å². The van der Waals surface area contributed by atoms with Gasteiger partial charge in [0.2, 0.25) is 5.91 Å². The molecule has 2 aromatic carbocycles. The lowest BCUT2D eigenvalue weighted by Crippen LogP contribution is -2.34. The van der Waals surface area contributed by atoms with E-state index in [4.69, 9.17) is 17.3 Å². The van der Waals surface area contributed by atoms with Crippen molar-refractivity contribution in [3.05, 3.63) is 70.5 Å². The van der Waals surface area contributed by atoms with Crippen LogP contribution in [0.3, 0.4) is 0 Å². The molecule has 0 saturated heterocycles. The van der Waals surface area contributed by atoms with Gasteiger partial charge in [0.15, 0.2) is 0 Å². The zero-order valence-electron chi connectivity index (χ0n) is 12.8. The van der Waals surface area contributed by atoms with Gasteiger partial charge in [0.25, 0.3) is 0 Å². The average Bonchev–Trinajstić information content (AvgIpc) is 2.55. The van der Waals surface area contributed by atoms with E-state index < -0.39 is 5.82 Å². The van der Waals surface area contributed by atoms with Gasteiger partial charge >= 0.3 is 0 Å². The largest absolute Gasteiger partial charge is 0.338 e. The van der Waals surface area contributed by atoms with Gasteiger partial charge in [-0.25, -0.2) is 4.39 Å². The molecule has 0 fully saturated rings. The number of benzene rings is 2. The lowest BCUT2D eigenvalue weighted by molar-refractivity contribution is -0.131. The van der Waals surface area contributed by atoms with E-state index in [0.29, 0.717) is 26.1 Å². The molecule has 0 bridgehead atoms. The molecule has 2 aromatic rings. The number of nitrogens with two attached hydrogens (primary N) is 1. The third-order valence-electron chi connectivity index (χ3n) is 3.59. The van der Waals surface area contributed by atoms with Crippen molar-refractivity contribution in [2.24, 2.45) is 5.73 Å². The molecule has 0 spiro atoms. The Bertz CT molecular complexity index is 628. The molecule has 0 aromatic heterocycles. The Morgan fingerprint density at radius 3 is 2.52 bits per heavy atom. The highest BCUT2D eigenvalue weighted by molar-refractivity contribution is 6.31. The zero-order valence-corrected chi connectivity index (χ0v) is 13.6. The molecule has 0 aliphatic carbocycles. The Morgan fingerprint density at radius 1 is 1.13 bits per heavy atom. The third kappa shape index (κ3) is 5.05. The first kappa shape index (κ1) is 17.4. The van der Waals surface area contributed by atoms with Crippen LogP contribution in [0.5, 0.6) is 0 Å². The number of rotatable bonds is 7. The minimum Gasteiger partial charge on any atom is -0.338 e. The maximum atomic E-state index is 13.9. The van der Waals surface area contributed by atoms with Crippen molar-refractivity contribution in [1.29, 1.82) is 0 Å². The maximum Gasteiger partial charge on any atom is 0.227 e. The molecule has 23 heavy (non-hydrogen) atoms. The summed E-state index contributed by atoms with van der Waals surface area (Å²) in [4.78, 5) is 14.3. The second-order valence-corrected chi connectivity index (χ2v) is 5.73. The zero-order chi connectivity index (χ0) is 16.7. The summed E-state index contributed by atoms with van der Waals surface area (Å²) in [5.74, 6) is -0.612. The second-order valence-electron chi connectivity index (χ2n) is 5.32. The molecule has 1 amide bonds. The fourth-order valence-corrected chi connectivity index (χ4v) is 2.57. The van der Waals surface area contributed by atoms with Crippen LogP contribution in [0, 0.1) is 5.82 Å². The summed E-state index contributed by atoms with van der Waals surface area (Å²) in [7, 11) is 0. The molecule has 2 rings (SSSR count). The summed E-state index contributed by atoms with van der Waals surface area (Å²) in [5.41, 5.74) is 6.82. The molecule has 2 N–H and O–H groups in total. The summed E-state index contributed by atoms with van der Waals surface area (Å²) in [6, 6.07) is 14.1. The summed E-state index contributed by atoms with van der Waals surface area (Å²) in [6.07, 6.45) is 0.645. The van der Waals surface area contributed by atoms with Gasteiger partial charge in [-0.05, 0) is 30.7 Å². The number of nitrogens with zero attached hydrogens (tertiary/aromatic N) is 1. The normalized spacial score (nSPS) is 10.6. The van der Waals surface area contributed by atoms with Crippen molar-refractivity contribution >= 4 is 17.5 Å². The minimum atomic E-state index is -0.454. The lowest BCUT2D eigenvalue weighted by atomic mass is 10.1. The number of hydrogen-bond acceptors (Lipinski definition) is 2. The molecule has 0 heterocycles. The third-order valence-corrected chi connectivity index (χ3v) is 3.94. The summed E-state index contributed by atoms with van der Waals surface area (Å²) < 4.78 is 13.9. The number of carbonyl (C=O) groups is 1. The summed E-state index contributed by atoms with van der Waals surface area (Å²) in [5, 5.41) is 0.275. The van der Waals surface area contributed by atoms with Gasteiger partial charge in [-0.3, -0.25) is 4.79 Å². The van der Waals surface area contributed by atoms with Gasteiger partial charge in [0.05, 0.1) is 6.42 Å². The van der Waals surface area contributed by atoms with Crippen molar-refractivity contribution in [1.82, 2.24) is 4.90 Å². The molecule has 0 atom stereocenters. The van der Waals surface area contributed by atoms with E-state index in [1.807, 2.05) is 30.3 Å². The van der Waals surface area contributed by atoms with Crippen LogP contribution >= 0.6 is 11.6 Å². The van der Waals surface area contributed by atoms with E-state index in [0.717, 1.165) is 5.56 Å². The van der Waals surface area contributed by atoms with Gasteiger partial charge < -0.3 is 10.6 Å². The molecular weight excluding hydrogens is 315 g/mol. The number of hydrogen-bond donors (Lipinski definition) is 1. The number of amides is 1. The molecule has 0 unspecified atom stereocenters. The Labute approximate surface area is 140 Å². The maximum absolute atomic E-state index is 13.9. The van der Waals surface area contributed by atoms with Crippen molar-refractivity contribution in [3.63, 3.8) is 0 Å². The molecular formula is C18H20ClFN2O. The van der Waals surface area contributed by atoms with Gasteiger partial charge in [-0.2, -0.15) is 0 Å². The topological polar surface area (TPSA) is 46.3 Å². The average molecular weight is 335 g/mol. The quantitative estimate of drug-likeness (QED) is 0.843. The fraction of sp³-hybridized carbons (Fsp3) is 0.278. The van der Waals surface area contributed by atoms with Crippen molar-refractivity contribution in [2.75, 3.05) is 13.1 Å². The van der Waals surface area contributed by atoms with Gasteiger partial charge in [0.1, 0.15) is 5.82 Å². The first-order valence-electron chi connectivity index (χ1n) is 7.56. The first-order valence-corrected chi connectivity index (χ1v) is 7.94. The predicted molar refractivity (Wildman–Crippen MR) is 90.6 cm³/mol. The smallest absolute Gasteiger partial charge is 0.227 e. The number of halogens is 2. The molecule has 0 aliphatic heterocycles. The van der Waals surface area contributed by atoms with Crippen LogP contribution in [0.25, 0.3) is 0 Å². The van der Waals surface area contributed by atoms with Crippen molar-refractivity contribution < 1.29 is 9.18 Å². The second kappa shape index (κ2) is 8.65. The molecule has 0 saturated carbocycles. The monoisotopic (exact) mass is 334 g/mol. The van der Waals surface area contributed by atoms with E-state index in [1.165, 1.54) is 12.1 Å². The van der Waals surface area contributed by atoms with Crippen LogP contribution in [-0.4, -0.2) is 23.9 Å². The molecule has 122 valence electrons. The SMILES string of the molecule is NCCCN(Cc1ccccc1)C(=O)Cc1c(F)cccc1Cl. The van der Waals surface area contributed by atoms with Gasteiger partial charge in [0, 0.05) is 23.7 Å². The Balaban J connectivity index is 2.13. The summed E-state index contributed by atoms with van der Waals surface area (Å²) in [6.45, 7) is 1.51. The van der Waals surface area contributed by atoms with Crippen LogP contribution in [0.2, 0.25) is 5.02 Å². The Kier molecular flexibility index (Phi) is 6.56. The standard InChI is InChI=1S/C18H20ClFN2O/c19-16-8-4-9-17(20)15(16)12-18(23)22(11-5-10-21)13-14-6-2-1-3-7-14/h1-4,6-9H,5,10-13,21H2. The highest BCUT2D eigenvalue weighted by atomic mass is 35.5. The molecule has 3 nitrogen and oxygen atoms in total. The van der Waals surface area contributed by atoms with Crippen LogP contribution in [0.1, 0.15) is 17.5 Å².